The molecule has 0 aliphatic carbocycles. The maximum absolute atomic E-state index is 6.12. The summed E-state index contributed by atoms with van der Waals surface area (Å²) < 4.78 is 36.7. The molecule has 0 aromatic heterocycles. The van der Waals surface area contributed by atoms with E-state index in [4.69, 9.17) is 26.6 Å². The summed E-state index contributed by atoms with van der Waals surface area (Å²) in [5, 5.41) is 11.3. The first-order valence-electron chi connectivity index (χ1n) is 19.0. The zero-order valence-corrected chi connectivity index (χ0v) is 40.3. The molecule has 0 heterocycles. The zero-order chi connectivity index (χ0) is 36.4. The first-order valence-corrected chi connectivity index (χ1v) is 34.0. The minimum atomic E-state index is -2.36. The van der Waals surface area contributed by atoms with E-state index in [0.717, 1.165) is 70.9 Å². The first-order chi connectivity index (χ1) is 22.7. The van der Waals surface area contributed by atoms with Crippen LogP contribution < -0.4 is 21.0 Å². The molecule has 0 radical (unpaired) electrons. The van der Waals surface area contributed by atoms with E-state index in [0.29, 0.717) is 5.79 Å². The summed E-state index contributed by atoms with van der Waals surface area (Å²) >= 11 is 0. The van der Waals surface area contributed by atoms with Gasteiger partial charge in [0.05, 0.1) is 27.1 Å². The van der Waals surface area contributed by atoms with Gasteiger partial charge in [0.25, 0.3) is 0 Å². The van der Waals surface area contributed by atoms with Crippen molar-refractivity contribution in [2.75, 3.05) is 53.7 Å². The maximum atomic E-state index is 6.12. The summed E-state index contributed by atoms with van der Waals surface area (Å²) in [4.78, 5) is 0. The van der Waals surface area contributed by atoms with Crippen LogP contribution in [-0.2, 0) is 33.0 Å². The maximum Gasteiger partial charge on any atom is 0.341 e. The predicted octanol–water partition coefficient (Wildman–Crippen LogP) is 4.74. The van der Waals surface area contributed by atoms with E-state index in [-0.39, 0.29) is 5.54 Å². The van der Waals surface area contributed by atoms with E-state index in [1.54, 1.807) is 15.9 Å². The molecule has 48 heavy (non-hydrogen) atoms. The van der Waals surface area contributed by atoms with Gasteiger partial charge in [0.1, 0.15) is 0 Å². The van der Waals surface area contributed by atoms with Crippen LogP contribution >= 0.6 is 0 Å². The van der Waals surface area contributed by atoms with Crippen LogP contribution in [-0.4, -0.2) is 112 Å². The summed E-state index contributed by atoms with van der Waals surface area (Å²) in [6.45, 7) is 32.1. The summed E-state index contributed by atoms with van der Waals surface area (Å²) in [7, 11) is -5.44. The van der Waals surface area contributed by atoms with Crippen molar-refractivity contribution in [2.24, 2.45) is 0 Å². The van der Waals surface area contributed by atoms with Crippen LogP contribution in [0.2, 0.25) is 64.0 Å². The van der Waals surface area contributed by atoms with Crippen molar-refractivity contribution in [1.29, 1.82) is 0 Å². The monoisotopic (exact) mass is 776 g/mol. The minimum Gasteiger partial charge on any atom is -0.397 e. The number of rotatable bonds is 28. The largest absolute Gasteiger partial charge is 0.397 e. The normalized spacial score (nSPS) is 14.0. The Morgan fingerprint density at radius 3 is 1.56 bits per heavy atom. The molecule has 14 heteroatoms. The van der Waals surface area contributed by atoms with Crippen molar-refractivity contribution in [2.45, 2.75) is 129 Å². The van der Waals surface area contributed by atoms with Gasteiger partial charge in [0.2, 0.25) is 0 Å². The van der Waals surface area contributed by atoms with Gasteiger partial charge in [0.15, 0.2) is 0 Å². The highest BCUT2D eigenvalue weighted by Gasteiger charge is 2.39. The zero-order valence-electron chi connectivity index (χ0n) is 33.6. The van der Waals surface area contributed by atoms with Gasteiger partial charge in [-0.05, 0) is 103 Å². The van der Waals surface area contributed by atoms with Crippen LogP contribution in [0.25, 0.3) is 0 Å². The van der Waals surface area contributed by atoms with Crippen LogP contribution in [0.5, 0.6) is 0 Å². The third-order valence-electron chi connectivity index (χ3n) is 9.81. The van der Waals surface area contributed by atoms with E-state index in [1.807, 2.05) is 14.2 Å². The average molecular weight is 778 g/mol. The molecule has 282 valence electrons. The SMILES string of the molecule is CCO[Si](C)(CCCNC(NCCC[Si](C)(OCC)OCC)[SiH2]CCc1c(C(C)[Si](C)(OC)OC)ccc([SiH](C)C)c1[SiH](C)C)OCC. The fraction of sp³-hybridized carbons (Fsp3) is 0.824. The molecule has 0 bridgehead atoms. The third kappa shape index (κ3) is 15.0. The third-order valence-corrected chi connectivity index (χ3v) is 25.3. The minimum absolute atomic E-state index is 0.272. The Labute approximate surface area is 305 Å². The Hall–Kier alpha value is 0.201. The van der Waals surface area contributed by atoms with Gasteiger partial charge >= 0.3 is 25.7 Å². The lowest BCUT2D eigenvalue weighted by Crippen LogP contribution is -2.50. The number of hydrogen-bond acceptors (Lipinski definition) is 8. The Morgan fingerprint density at radius 1 is 0.729 bits per heavy atom. The number of nitrogens with one attached hydrogen (secondary N) is 2. The van der Waals surface area contributed by atoms with E-state index in [9.17, 15) is 0 Å². The molecule has 0 spiro atoms. The van der Waals surface area contributed by atoms with E-state index >= 15 is 0 Å². The molecular weight excluding hydrogens is 701 g/mol. The van der Waals surface area contributed by atoms with Gasteiger partial charge in [-0.2, -0.15) is 0 Å². The summed E-state index contributed by atoms with van der Waals surface area (Å²) in [6.07, 6.45) is 3.29. The molecule has 0 fully saturated rings. The predicted molar refractivity (Wildman–Crippen MR) is 223 cm³/mol. The Balaban J connectivity index is 3.21. The average Bonchev–Trinajstić information content (AvgIpc) is 3.03. The first kappa shape index (κ1) is 46.2. The van der Waals surface area contributed by atoms with Gasteiger partial charge in [-0.25, -0.2) is 0 Å². The molecule has 1 aromatic carbocycles. The highest BCUT2D eigenvalue weighted by atomic mass is 28.4. The summed E-state index contributed by atoms with van der Waals surface area (Å²) in [5.41, 5.74) is 3.38. The highest BCUT2D eigenvalue weighted by molar-refractivity contribution is 6.82. The fourth-order valence-electron chi connectivity index (χ4n) is 7.01. The van der Waals surface area contributed by atoms with Crippen molar-refractivity contribution >= 4 is 63.2 Å². The highest BCUT2D eigenvalue weighted by Crippen LogP contribution is 2.30. The molecule has 1 unspecified atom stereocenters. The Bertz CT molecular complexity index is 979. The molecule has 1 aromatic rings. The van der Waals surface area contributed by atoms with Gasteiger partial charge in [-0.1, -0.05) is 61.7 Å². The van der Waals surface area contributed by atoms with Crippen LogP contribution in [0.3, 0.4) is 0 Å². The van der Waals surface area contributed by atoms with Gasteiger partial charge < -0.3 is 37.2 Å². The lowest BCUT2D eigenvalue weighted by Gasteiger charge is -2.33. The van der Waals surface area contributed by atoms with Gasteiger partial charge in [-0.3, -0.25) is 0 Å². The second kappa shape index (κ2) is 23.7. The van der Waals surface area contributed by atoms with Crippen molar-refractivity contribution < 1.29 is 26.6 Å². The molecule has 2 N–H and O–H groups in total. The second-order valence-corrected chi connectivity index (χ2v) is 32.5. The molecule has 0 amide bonds. The van der Waals surface area contributed by atoms with E-state index in [1.165, 1.54) is 11.6 Å². The molecule has 0 saturated carbocycles. The van der Waals surface area contributed by atoms with Crippen molar-refractivity contribution in [3.8, 4) is 0 Å². The van der Waals surface area contributed by atoms with Gasteiger partial charge in [-0.15, -0.1) is 0 Å². The summed E-state index contributed by atoms with van der Waals surface area (Å²) in [5.74, 6) is 0.380. The Kier molecular flexibility index (Phi) is 22.8. The van der Waals surface area contributed by atoms with Crippen LogP contribution in [0.1, 0.15) is 64.1 Å². The topological polar surface area (TPSA) is 79.4 Å². The van der Waals surface area contributed by atoms with Gasteiger partial charge in [0, 0.05) is 52.0 Å². The standard InChI is InChI=1S/C34H76N2O6Si6/c1-15-39-46(12,40-16-2)27-19-24-35-34(36-25-20-28-47(13,41-17-3)42-18-4)43-26-23-31-30(29(5)48(14,37-6)38-7)21-22-32(44(8)9)33(31)45(10)11/h21-22,29,34-36,44-45H,15-20,23-28,43H2,1-14H3. The van der Waals surface area contributed by atoms with Crippen LogP contribution in [0, 0.1) is 0 Å². The van der Waals surface area contributed by atoms with E-state index in [2.05, 4.69) is 103 Å². The number of hydrogen-bond donors (Lipinski definition) is 2. The molecule has 1 rings (SSSR count). The van der Waals surface area contributed by atoms with Crippen LogP contribution in [0.4, 0.5) is 0 Å². The van der Waals surface area contributed by atoms with Crippen molar-refractivity contribution in [3.05, 3.63) is 23.3 Å². The smallest absolute Gasteiger partial charge is 0.341 e. The molecular formula is C34H76N2O6Si6. The fourth-order valence-corrected chi connectivity index (χ4v) is 20.4. The van der Waals surface area contributed by atoms with Crippen molar-refractivity contribution in [1.82, 2.24) is 10.6 Å². The lowest BCUT2D eigenvalue weighted by molar-refractivity contribution is 0.188. The molecule has 1 atom stereocenters. The lowest BCUT2D eigenvalue weighted by atomic mass is 10.0. The van der Waals surface area contributed by atoms with E-state index < -0.39 is 52.8 Å². The second-order valence-electron chi connectivity index (χ2n) is 14.2. The Morgan fingerprint density at radius 2 is 1.19 bits per heavy atom. The molecule has 0 aliphatic heterocycles. The van der Waals surface area contributed by atoms with Crippen LogP contribution in [0.15, 0.2) is 12.1 Å². The molecule has 8 nitrogen and oxygen atoms in total. The quantitative estimate of drug-likeness (QED) is 0.0719. The number of benzene rings is 1. The molecule has 0 aliphatic rings. The summed E-state index contributed by atoms with van der Waals surface area (Å²) in [6, 6.07) is 8.20. The van der Waals surface area contributed by atoms with Crippen molar-refractivity contribution in [3.63, 3.8) is 0 Å². The molecule has 0 saturated heterocycles.